The van der Waals surface area contributed by atoms with Crippen molar-refractivity contribution in [2.75, 3.05) is 38.7 Å². The van der Waals surface area contributed by atoms with Gasteiger partial charge in [-0.1, -0.05) is 30.4 Å². The molecule has 2 atom stereocenters. The van der Waals surface area contributed by atoms with Crippen molar-refractivity contribution < 1.29 is 14.3 Å². The molecule has 0 radical (unpaired) electrons. The molecule has 4 rings (SSSR count). The largest absolute Gasteiger partial charge is 0.483 e. The first kappa shape index (κ1) is 21.8. The molecule has 1 fully saturated rings. The average Bonchev–Trinajstić information content (AvgIpc) is 2.80. The van der Waals surface area contributed by atoms with Gasteiger partial charge in [-0.25, -0.2) is 9.97 Å². The predicted molar refractivity (Wildman–Crippen MR) is 122 cm³/mol. The van der Waals surface area contributed by atoms with Crippen molar-refractivity contribution >= 4 is 17.8 Å². The fourth-order valence-corrected chi connectivity index (χ4v) is 4.18. The van der Waals surface area contributed by atoms with Gasteiger partial charge in [-0.15, -0.1) is 0 Å². The molecule has 1 saturated heterocycles. The number of anilines is 1. The number of fused-ring (bicyclic) bond motifs is 2. The van der Waals surface area contributed by atoms with E-state index in [1.54, 1.807) is 17.3 Å². The van der Waals surface area contributed by atoms with Crippen LogP contribution in [0.1, 0.15) is 28.8 Å². The highest BCUT2D eigenvalue weighted by molar-refractivity contribution is 5.93. The third kappa shape index (κ3) is 5.07. The van der Waals surface area contributed by atoms with Gasteiger partial charge in [0.15, 0.2) is 6.61 Å². The summed E-state index contributed by atoms with van der Waals surface area (Å²) in [6.07, 6.45) is 9.66. The van der Waals surface area contributed by atoms with Crippen LogP contribution in [0.5, 0.6) is 5.75 Å². The number of carbonyl (C=O) groups excluding carboxylic acids is 2. The molecule has 8 nitrogen and oxygen atoms in total. The first-order valence-electron chi connectivity index (χ1n) is 10.9. The molecule has 0 spiro atoms. The number of allylic oxidation sites excluding steroid dienone is 2. The van der Waals surface area contributed by atoms with E-state index in [9.17, 15) is 9.59 Å². The highest BCUT2D eigenvalue weighted by Gasteiger charge is 2.32. The summed E-state index contributed by atoms with van der Waals surface area (Å²) in [5, 5.41) is 3.12. The van der Waals surface area contributed by atoms with Crippen LogP contribution < -0.4 is 15.0 Å². The van der Waals surface area contributed by atoms with E-state index in [4.69, 9.17) is 4.74 Å². The van der Waals surface area contributed by atoms with E-state index in [2.05, 4.69) is 27.4 Å². The van der Waals surface area contributed by atoms with E-state index >= 15 is 0 Å². The number of amides is 2. The summed E-state index contributed by atoms with van der Waals surface area (Å²) < 4.78 is 5.77. The minimum atomic E-state index is -0.133. The second-order valence-electron chi connectivity index (χ2n) is 8.45. The van der Waals surface area contributed by atoms with Gasteiger partial charge in [0, 0.05) is 51.5 Å². The first-order chi connectivity index (χ1) is 15.5. The Kier molecular flexibility index (Phi) is 6.68. The summed E-state index contributed by atoms with van der Waals surface area (Å²) in [6.45, 7) is 1.13. The zero-order valence-electron chi connectivity index (χ0n) is 18.5. The van der Waals surface area contributed by atoms with Crippen LogP contribution in [0, 0.1) is 5.92 Å². The zero-order valence-corrected chi connectivity index (χ0v) is 18.5. The minimum absolute atomic E-state index is 0.00170. The molecule has 8 heteroatoms. The summed E-state index contributed by atoms with van der Waals surface area (Å²) in [7, 11) is 3.72. The van der Waals surface area contributed by atoms with Crippen LogP contribution in [0.3, 0.4) is 0 Å². The van der Waals surface area contributed by atoms with Gasteiger partial charge >= 0.3 is 0 Å². The molecule has 0 unspecified atom stereocenters. The van der Waals surface area contributed by atoms with Gasteiger partial charge in [0.25, 0.3) is 11.8 Å². The number of ether oxygens (including phenoxy) is 1. The summed E-state index contributed by atoms with van der Waals surface area (Å²) >= 11 is 0. The van der Waals surface area contributed by atoms with Crippen molar-refractivity contribution in [3.63, 3.8) is 0 Å². The standard InChI is InChI=1S/C24H29N5O3/c1-28(2)24-25-13-19(14-26-24)23(31)29-12-11-20-18(15-29)9-4-3-7-17-8-5-6-10-21(17)32-16-22(30)27-20/h3-6,8,10,13-14,18,20H,7,9,11-12,15-16H2,1-2H3,(H,27,30)/b4-3+/t18-,20+/m0/s1. The Morgan fingerprint density at radius 2 is 1.97 bits per heavy atom. The number of hydrogen-bond donors (Lipinski definition) is 1. The number of rotatable bonds is 2. The SMILES string of the molecule is CN(C)c1ncc(C(=O)N2CC[C@H]3NC(=O)COc4ccccc4C/C=C/C[C@H]3C2)cn1. The molecular formula is C24H29N5O3. The summed E-state index contributed by atoms with van der Waals surface area (Å²) in [5.74, 6) is 1.23. The van der Waals surface area contributed by atoms with Crippen LogP contribution in [-0.4, -0.2) is 66.5 Å². The lowest BCUT2D eigenvalue weighted by molar-refractivity contribution is -0.124. The maximum Gasteiger partial charge on any atom is 0.258 e. The number of nitrogens with one attached hydrogen (secondary N) is 1. The van der Waals surface area contributed by atoms with E-state index in [0.29, 0.717) is 31.0 Å². The zero-order chi connectivity index (χ0) is 22.5. The van der Waals surface area contributed by atoms with Crippen molar-refractivity contribution in [3.8, 4) is 5.75 Å². The number of nitrogens with zero attached hydrogens (tertiary/aromatic N) is 4. The van der Waals surface area contributed by atoms with Crippen molar-refractivity contribution in [3.05, 3.63) is 59.9 Å². The van der Waals surface area contributed by atoms with Gasteiger partial charge in [-0.3, -0.25) is 9.59 Å². The van der Waals surface area contributed by atoms with Crippen molar-refractivity contribution in [2.24, 2.45) is 5.92 Å². The minimum Gasteiger partial charge on any atom is -0.483 e. The van der Waals surface area contributed by atoms with Crippen molar-refractivity contribution in [1.82, 2.24) is 20.2 Å². The van der Waals surface area contributed by atoms with E-state index in [0.717, 1.165) is 24.2 Å². The Balaban J connectivity index is 1.47. The maximum atomic E-state index is 13.0. The highest BCUT2D eigenvalue weighted by Crippen LogP contribution is 2.24. The van der Waals surface area contributed by atoms with E-state index in [1.165, 1.54) is 0 Å². The number of carbonyl (C=O) groups is 2. The van der Waals surface area contributed by atoms with Gasteiger partial charge in [-0.2, -0.15) is 0 Å². The normalized spacial score (nSPS) is 22.2. The summed E-state index contributed by atoms with van der Waals surface area (Å²) in [5.41, 5.74) is 1.53. The number of aromatic nitrogens is 2. The molecule has 2 aromatic rings. The lowest BCUT2D eigenvalue weighted by Gasteiger charge is -2.38. The van der Waals surface area contributed by atoms with Gasteiger partial charge in [0.1, 0.15) is 5.75 Å². The van der Waals surface area contributed by atoms with Crippen LogP contribution in [0.15, 0.2) is 48.8 Å². The molecule has 3 heterocycles. The Bertz CT molecular complexity index is 989. The monoisotopic (exact) mass is 435 g/mol. The molecule has 0 saturated carbocycles. The third-order valence-corrected chi connectivity index (χ3v) is 5.93. The third-order valence-electron chi connectivity index (χ3n) is 5.93. The quantitative estimate of drug-likeness (QED) is 0.727. The highest BCUT2D eigenvalue weighted by atomic mass is 16.5. The molecule has 2 aliphatic heterocycles. The van der Waals surface area contributed by atoms with E-state index < -0.39 is 0 Å². The van der Waals surface area contributed by atoms with Gasteiger partial charge in [-0.05, 0) is 30.9 Å². The summed E-state index contributed by atoms with van der Waals surface area (Å²) in [4.78, 5) is 37.7. The van der Waals surface area contributed by atoms with Crippen molar-refractivity contribution in [1.29, 1.82) is 0 Å². The Morgan fingerprint density at radius 3 is 2.75 bits per heavy atom. The second-order valence-corrected chi connectivity index (χ2v) is 8.45. The van der Waals surface area contributed by atoms with E-state index in [1.807, 2.05) is 43.3 Å². The fraction of sp³-hybridized carbons (Fsp3) is 0.417. The lowest BCUT2D eigenvalue weighted by atomic mass is 9.88. The fourth-order valence-electron chi connectivity index (χ4n) is 4.18. The lowest BCUT2D eigenvalue weighted by Crippen LogP contribution is -2.53. The second kappa shape index (κ2) is 9.80. The number of hydrogen-bond acceptors (Lipinski definition) is 6. The number of para-hydroxylation sites is 1. The first-order valence-corrected chi connectivity index (χ1v) is 10.9. The molecular weight excluding hydrogens is 406 g/mol. The van der Waals surface area contributed by atoms with Crippen molar-refractivity contribution in [2.45, 2.75) is 25.3 Å². The molecule has 0 aliphatic carbocycles. The number of piperidine rings is 1. The molecule has 0 bridgehead atoms. The van der Waals surface area contributed by atoms with Gasteiger partial charge in [0.05, 0.1) is 5.56 Å². The molecule has 2 amide bonds. The molecule has 168 valence electrons. The molecule has 1 N–H and O–H groups in total. The predicted octanol–water partition coefficient (Wildman–Crippen LogP) is 2.07. The smallest absolute Gasteiger partial charge is 0.258 e. The van der Waals surface area contributed by atoms with Crippen LogP contribution in [0.4, 0.5) is 5.95 Å². The molecule has 2 aliphatic rings. The molecule has 1 aromatic carbocycles. The van der Waals surface area contributed by atoms with Gasteiger partial charge < -0.3 is 19.9 Å². The van der Waals surface area contributed by atoms with Crippen LogP contribution >= 0.6 is 0 Å². The Labute approximate surface area is 188 Å². The molecule has 32 heavy (non-hydrogen) atoms. The van der Waals surface area contributed by atoms with Gasteiger partial charge in [0.2, 0.25) is 5.95 Å². The van der Waals surface area contributed by atoms with E-state index in [-0.39, 0.29) is 30.4 Å². The number of benzene rings is 1. The van der Waals surface area contributed by atoms with Crippen LogP contribution in [0.25, 0.3) is 0 Å². The summed E-state index contributed by atoms with van der Waals surface area (Å²) in [6, 6.07) is 7.79. The topological polar surface area (TPSA) is 87.7 Å². The number of likely N-dealkylation sites (tertiary alicyclic amines) is 1. The average molecular weight is 436 g/mol. The van der Waals surface area contributed by atoms with Crippen LogP contribution in [0.2, 0.25) is 0 Å². The maximum absolute atomic E-state index is 13.0. The molecule has 1 aromatic heterocycles. The van der Waals surface area contributed by atoms with Crippen LogP contribution in [-0.2, 0) is 11.2 Å². The Hall–Kier alpha value is -3.42. The Morgan fingerprint density at radius 1 is 1.19 bits per heavy atom.